The molecule has 1 N–H and O–H groups in total. The first-order chi connectivity index (χ1) is 8.68. The van der Waals surface area contributed by atoms with E-state index in [2.05, 4.69) is 15.3 Å². The summed E-state index contributed by atoms with van der Waals surface area (Å²) in [4.78, 5) is 21.7. The molecule has 1 unspecified atom stereocenters. The highest BCUT2D eigenvalue weighted by atomic mass is 35.5. The predicted molar refractivity (Wildman–Crippen MR) is 67.5 cm³/mol. The van der Waals surface area contributed by atoms with Gasteiger partial charge in [0.2, 0.25) is 5.91 Å². The third-order valence-corrected chi connectivity index (χ3v) is 2.99. The lowest BCUT2D eigenvalue weighted by atomic mass is 10.2. The van der Waals surface area contributed by atoms with E-state index in [0.29, 0.717) is 37.1 Å². The number of halogens is 1. The topological polar surface area (TPSA) is 67.4 Å². The molecule has 1 aliphatic heterocycles. The Labute approximate surface area is 110 Å². The molecule has 1 aromatic rings. The summed E-state index contributed by atoms with van der Waals surface area (Å²) in [6, 6.07) is -0.379. The van der Waals surface area contributed by atoms with Gasteiger partial charge in [0.25, 0.3) is 0 Å². The van der Waals surface area contributed by atoms with E-state index in [9.17, 15) is 4.79 Å². The van der Waals surface area contributed by atoms with E-state index in [1.807, 2.05) is 0 Å². The summed E-state index contributed by atoms with van der Waals surface area (Å²) < 4.78 is 5.21. The number of hydrogen-bond acceptors (Lipinski definition) is 5. The van der Waals surface area contributed by atoms with Gasteiger partial charge in [0.05, 0.1) is 19.4 Å². The highest BCUT2D eigenvalue weighted by Gasteiger charge is 2.22. The highest BCUT2D eigenvalue weighted by molar-refractivity contribution is 6.32. The van der Waals surface area contributed by atoms with Crippen LogP contribution in [0.3, 0.4) is 0 Å². The monoisotopic (exact) mass is 270 g/mol. The fourth-order valence-corrected chi connectivity index (χ4v) is 1.90. The minimum atomic E-state index is -0.379. The zero-order valence-electron chi connectivity index (χ0n) is 10.1. The van der Waals surface area contributed by atoms with Gasteiger partial charge < -0.3 is 15.0 Å². The molecule has 2 rings (SSSR count). The third kappa shape index (κ3) is 3.08. The van der Waals surface area contributed by atoms with Gasteiger partial charge in [-0.15, -0.1) is 0 Å². The number of morpholine rings is 1. The van der Waals surface area contributed by atoms with E-state index in [-0.39, 0.29) is 11.9 Å². The zero-order chi connectivity index (χ0) is 13.0. The van der Waals surface area contributed by atoms with Crippen LogP contribution in [0.15, 0.2) is 12.5 Å². The van der Waals surface area contributed by atoms with E-state index >= 15 is 0 Å². The fourth-order valence-electron chi connectivity index (χ4n) is 1.74. The second-order valence-corrected chi connectivity index (χ2v) is 4.43. The Kier molecular flexibility index (Phi) is 4.33. The van der Waals surface area contributed by atoms with Crippen molar-refractivity contribution in [2.75, 3.05) is 31.6 Å². The van der Waals surface area contributed by atoms with Crippen LogP contribution in [-0.4, -0.2) is 53.1 Å². The molecule has 1 aromatic heterocycles. The van der Waals surface area contributed by atoms with Gasteiger partial charge in [0.1, 0.15) is 23.2 Å². The van der Waals surface area contributed by atoms with Crippen LogP contribution in [0.1, 0.15) is 6.92 Å². The second-order valence-electron chi connectivity index (χ2n) is 4.02. The first-order valence-corrected chi connectivity index (χ1v) is 6.15. The van der Waals surface area contributed by atoms with Crippen molar-refractivity contribution < 1.29 is 9.53 Å². The number of hydrogen-bond donors (Lipinski definition) is 1. The third-order valence-electron chi connectivity index (χ3n) is 2.71. The van der Waals surface area contributed by atoms with Crippen molar-refractivity contribution in [1.82, 2.24) is 14.9 Å². The maximum atomic E-state index is 12.1. The Morgan fingerprint density at radius 2 is 2.28 bits per heavy atom. The van der Waals surface area contributed by atoms with Gasteiger partial charge in [-0.3, -0.25) is 4.79 Å². The molecule has 6 nitrogen and oxygen atoms in total. The lowest BCUT2D eigenvalue weighted by Crippen LogP contribution is -2.47. The Bertz CT molecular complexity index is 423. The molecule has 0 bridgehead atoms. The quantitative estimate of drug-likeness (QED) is 0.880. The number of rotatable bonds is 3. The number of carbonyl (C=O) groups is 1. The predicted octanol–water partition coefficient (Wildman–Crippen LogP) is 0.789. The van der Waals surface area contributed by atoms with Crippen molar-refractivity contribution >= 4 is 23.3 Å². The van der Waals surface area contributed by atoms with Crippen molar-refractivity contribution in [1.29, 1.82) is 0 Å². The summed E-state index contributed by atoms with van der Waals surface area (Å²) in [5.41, 5.74) is 0. The molecule has 18 heavy (non-hydrogen) atoms. The van der Waals surface area contributed by atoms with Gasteiger partial charge >= 0.3 is 0 Å². The van der Waals surface area contributed by atoms with Gasteiger partial charge in [-0.25, -0.2) is 9.97 Å². The molecule has 7 heteroatoms. The van der Waals surface area contributed by atoms with E-state index < -0.39 is 0 Å². The summed E-state index contributed by atoms with van der Waals surface area (Å²) in [7, 11) is 0. The van der Waals surface area contributed by atoms with E-state index in [1.165, 1.54) is 12.5 Å². The van der Waals surface area contributed by atoms with Crippen LogP contribution in [0.25, 0.3) is 0 Å². The van der Waals surface area contributed by atoms with Gasteiger partial charge in [0.15, 0.2) is 0 Å². The van der Waals surface area contributed by atoms with Crippen LogP contribution in [0.2, 0.25) is 5.02 Å². The number of amides is 1. The Morgan fingerprint density at radius 1 is 1.56 bits per heavy atom. The SMILES string of the molecule is CC(Nc1ncncc1Cl)C(=O)N1CCOCC1. The number of aromatic nitrogens is 2. The van der Waals surface area contributed by atoms with Crippen molar-refractivity contribution in [3.8, 4) is 0 Å². The van der Waals surface area contributed by atoms with E-state index in [0.717, 1.165) is 0 Å². The minimum Gasteiger partial charge on any atom is -0.378 e. The molecule has 0 aliphatic carbocycles. The Morgan fingerprint density at radius 3 is 2.94 bits per heavy atom. The summed E-state index contributed by atoms with van der Waals surface area (Å²) in [6.07, 6.45) is 2.88. The average molecular weight is 271 g/mol. The molecule has 0 saturated carbocycles. The summed E-state index contributed by atoms with van der Waals surface area (Å²) in [5, 5.41) is 3.39. The molecule has 1 aliphatic rings. The normalized spacial score (nSPS) is 17.3. The Hall–Kier alpha value is -1.40. The van der Waals surface area contributed by atoms with Crippen LogP contribution >= 0.6 is 11.6 Å². The van der Waals surface area contributed by atoms with Crippen LogP contribution in [0, 0.1) is 0 Å². The number of ether oxygens (including phenoxy) is 1. The molecule has 1 fully saturated rings. The maximum absolute atomic E-state index is 12.1. The minimum absolute atomic E-state index is 0.0213. The van der Waals surface area contributed by atoms with Crippen LogP contribution in [0.5, 0.6) is 0 Å². The van der Waals surface area contributed by atoms with E-state index in [4.69, 9.17) is 16.3 Å². The largest absolute Gasteiger partial charge is 0.378 e. The number of nitrogens with zero attached hydrogens (tertiary/aromatic N) is 3. The molecule has 0 aromatic carbocycles. The van der Waals surface area contributed by atoms with Crippen LogP contribution < -0.4 is 5.32 Å². The summed E-state index contributed by atoms with van der Waals surface area (Å²) in [6.45, 7) is 4.22. The van der Waals surface area contributed by atoms with Crippen LogP contribution in [-0.2, 0) is 9.53 Å². The molecule has 0 spiro atoms. The average Bonchev–Trinajstić information content (AvgIpc) is 2.41. The summed E-state index contributed by atoms with van der Waals surface area (Å²) >= 11 is 5.93. The smallest absolute Gasteiger partial charge is 0.244 e. The summed E-state index contributed by atoms with van der Waals surface area (Å²) in [5.74, 6) is 0.494. The molecule has 98 valence electrons. The van der Waals surface area contributed by atoms with Crippen molar-refractivity contribution in [3.05, 3.63) is 17.5 Å². The fraction of sp³-hybridized carbons (Fsp3) is 0.545. The highest BCUT2D eigenvalue weighted by Crippen LogP contribution is 2.17. The first-order valence-electron chi connectivity index (χ1n) is 5.77. The van der Waals surface area contributed by atoms with Gasteiger partial charge in [-0.2, -0.15) is 0 Å². The molecular formula is C11H15ClN4O2. The molecule has 2 heterocycles. The van der Waals surface area contributed by atoms with Gasteiger partial charge in [-0.1, -0.05) is 11.6 Å². The van der Waals surface area contributed by atoms with Crippen molar-refractivity contribution in [2.45, 2.75) is 13.0 Å². The second kappa shape index (κ2) is 5.97. The van der Waals surface area contributed by atoms with Crippen molar-refractivity contribution in [3.63, 3.8) is 0 Å². The maximum Gasteiger partial charge on any atom is 0.244 e. The Balaban J connectivity index is 1.96. The standard InChI is InChI=1S/C11H15ClN4O2/c1-8(11(17)16-2-4-18-5-3-16)15-10-9(12)6-13-7-14-10/h6-8H,2-5H2,1H3,(H,13,14,15). The number of nitrogens with one attached hydrogen (secondary N) is 1. The number of carbonyl (C=O) groups excluding carboxylic acids is 1. The lowest BCUT2D eigenvalue weighted by molar-refractivity contribution is -0.135. The molecule has 1 saturated heterocycles. The van der Waals surface area contributed by atoms with Crippen LogP contribution in [0.4, 0.5) is 5.82 Å². The molecule has 0 radical (unpaired) electrons. The molecular weight excluding hydrogens is 256 g/mol. The number of anilines is 1. The molecule has 1 amide bonds. The van der Waals surface area contributed by atoms with E-state index in [1.54, 1.807) is 11.8 Å². The van der Waals surface area contributed by atoms with Crippen molar-refractivity contribution in [2.24, 2.45) is 0 Å². The van der Waals surface area contributed by atoms with Gasteiger partial charge in [-0.05, 0) is 6.92 Å². The zero-order valence-corrected chi connectivity index (χ0v) is 10.9. The first kappa shape index (κ1) is 13.0. The molecule has 1 atom stereocenters. The van der Waals surface area contributed by atoms with Gasteiger partial charge in [0, 0.05) is 13.1 Å². The lowest BCUT2D eigenvalue weighted by Gasteiger charge is -2.29.